The lowest BCUT2D eigenvalue weighted by Crippen LogP contribution is -2.10. The van der Waals surface area contributed by atoms with E-state index in [1.54, 1.807) is 12.1 Å². The fraction of sp³-hybridized carbons (Fsp3) is 0.154. The molecule has 0 aliphatic carbocycles. The lowest BCUT2D eigenvalue weighted by atomic mass is 10.2. The highest BCUT2D eigenvalue weighted by Crippen LogP contribution is 2.34. The van der Waals surface area contributed by atoms with Crippen molar-refractivity contribution in [1.82, 2.24) is 9.97 Å². The molecule has 0 radical (unpaired) electrons. The second-order valence-electron chi connectivity index (χ2n) is 4.11. The topological polar surface area (TPSA) is 93.6 Å². The summed E-state index contributed by atoms with van der Waals surface area (Å²) in [7, 11) is 0. The Morgan fingerprint density at radius 3 is 3.05 bits per heavy atom. The first-order valence-electron chi connectivity index (χ1n) is 5.90. The lowest BCUT2D eigenvalue weighted by Gasteiger charge is -2.08. The van der Waals surface area contributed by atoms with E-state index < -0.39 is 5.97 Å². The number of carboxylic acids is 1. The predicted octanol–water partition coefficient (Wildman–Crippen LogP) is 1.52. The van der Waals surface area contributed by atoms with Crippen LogP contribution in [0, 0.1) is 0 Å². The number of hydrogen-bond donors (Lipinski definition) is 2. The molecule has 1 aliphatic rings. The quantitative estimate of drug-likeness (QED) is 0.872. The highest BCUT2D eigenvalue weighted by Gasteiger charge is 2.14. The number of aromatic nitrogens is 2. The third-order valence-electron chi connectivity index (χ3n) is 2.86. The SMILES string of the molecule is O=C(O)c1cncnc1CNc1ccc2c(c1)OCO2. The van der Waals surface area contributed by atoms with Crippen molar-refractivity contribution in [3.05, 3.63) is 42.0 Å². The van der Waals surface area contributed by atoms with Gasteiger partial charge in [-0.2, -0.15) is 0 Å². The Balaban J connectivity index is 1.75. The Labute approximate surface area is 114 Å². The average Bonchev–Trinajstić information content (AvgIpc) is 2.92. The van der Waals surface area contributed by atoms with Crippen molar-refractivity contribution in [2.24, 2.45) is 0 Å². The van der Waals surface area contributed by atoms with Crippen LogP contribution in [0.25, 0.3) is 0 Å². The van der Waals surface area contributed by atoms with E-state index in [0.29, 0.717) is 17.2 Å². The Morgan fingerprint density at radius 1 is 1.35 bits per heavy atom. The summed E-state index contributed by atoms with van der Waals surface area (Å²) in [6.07, 6.45) is 2.61. The van der Waals surface area contributed by atoms with Crippen molar-refractivity contribution in [3.63, 3.8) is 0 Å². The molecule has 0 amide bonds. The summed E-state index contributed by atoms with van der Waals surface area (Å²) >= 11 is 0. The van der Waals surface area contributed by atoms with Gasteiger partial charge in [0.15, 0.2) is 11.5 Å². The van der Waals surface area contributed by atoms with Gasteiger partial charge in [0.1, 0.15) is 11.9 Å². The molecule has 0 fully saturated rings. The molecule has 7 nitrogen and oxygen atoms in total. The molecule has 0 atom stereocenters. The number of aromatic carboxylic acids is 1. The van der Waals surface area contributed by atoms with Crippen LogP contribution in [0.1, 0.15) is 16.1 Å². The zero-order valence-electron chi connectivity index (χ0n) is 10.4. The molecule has 2 N–H and O–H groups in total. The number of anilines is 1. The molecule has 0 saturated carbocycles. The first-order valence-corrected chi connectivity index (χ1v) is 5.90. The molecule has 102 valence electrons. The lowest BCUT2D eigenvalue weighted by molar-refractivity contribution is 0.0694. The van der Waals surface area contributed by atoms with E-state index in [4.69, 9.17) is 14.6 Å². The minimum atomic E-state index is -1.05. The van der Waals surface area contributed by atoms with E-state index in [1.807, 2.05) is 6.07 Å². The molecule has 20 heavy (non-hydrogen) atoms. The van der Waals surface area contributed by atoms with Crippen molar-refractivity contribution < 1.29 is 19.4 Å². The van der Waals surface area contributed by atoms with E-state index in [9.17, 15) is 4.79 Å². The van der Waals surface area contributed by atoms with E-state index in [1.165, 1.54) is 12.5 Å². The fourth-order valence-electron chi connectivity index (χ4n) is 1.87. The number of rotatable bonds is 4. The monoisotopic (exact) mass is 273 g/mol. The van der Waals surface area contributed by atoms with Crippen LogP contribution in [0.4, 0.5) is 5.69 Å². The highest BCUT2D eigenvalue weighted by atomic mass is 16.7. The van der Waals surface area contributed by atoms with Crippen LogP contribution < -0.4 is 14.8 Å². The standard InChI is InChI=1S/C13H11N3O4/c17-13(18)9-4-14-6-16-10(9)5-15-8-1-2-11-12(3-8)20-7-19-11/h1-4,6,15H,5,7H2,(H,17,18). The molecular weight excluding hydrogens is 262 g/mol. The number of nitrogens with zero attached hydrogens (tertiary/aromatic N) is 2. The fourth-order valence-corrected chi connectivity index (χ4v) is 1.87. The van der Waals surface area contributed by atoms with Crippen molar-refractivity contribution in [2.75, 3.05) is 12.1 Å². The number of ether oxygens (including phenoxy) is 2. The predicted molar refractivity (Wildman–Crippen MR) is 68.9 cm³/mol. The second-order valence-corrected chi connectivity index (χ2v) is 4.11. The zero-order valence-corrected chi connectivity index (χ0v) is 10.4. The first kappa shape index (κ1) is 12.2. The van der Waals surface area contributed by atoms with Crippen LogP contribution in [0.5, 0.6) is 11.5 Å². The first-order chi connectivity index (χ1) is 9.74. The van der Waals surface area contributed by atoms with Gasteiger partial charge in [-0.15, -0.1) is 0 Å². The number of carboxylic acid groups (broad SMARTS) is 1. The zero-order chi connectivity index (χ0) is 13.9. The van der Waals surface area contributed by atoms with Crippen LogP contribution in [-0.4, -0.2) is 27.8 Å². The summed E-state index contributed by atoms with van der Waals surface area (Å²) in [5.74, 6) is 0.313. The number of carbonyl (C=O) groups is 1. The molecule has 2 heterocycles. The highest BCUT2D eigenvalue weighted by molar-refractivity contribution is 5.88. The second kappa shape index (κ2) is 5.04. The van der Waals surface area contributed by atoms with Gasteiger partial charge >= 0.3 is 5.97 Å². The van der Waals surface area contributed by atoms with Crippen molar-refractivity contribution in [1.29, 1.82) is 0 Å². The molecule has 3 rings (SSSR count). The Morgan fingerprint density at radius 2 is 2.20 bits per heavy atom. The Bertz CT molecular complexity index is 660. The maximum Gasteiger partial charge on any atom is 0.339 e. The smallest absolute Gasteiger partial charge is 0.339 e. The van der Waals surface area contributed by atoms with E-state index in [0.717, 1.165) is 5.69 Å². The van der Waals surface area contributed by atoms with Gasteiger partial charge in [0.25, 0.3) is 0 Å². The number of benzene rings is 1. The molecule has 1 aromatic heterocycles. The number of fused-ring (bicyclic) bond motifs is 1. The summed E-state index contributed by atoms with van der Waals surface area (Å²) in [4.78, 5) is 18.7. The van der Waals surface area contributed by atoms with Gasteiger partial charge in [-0.05, 0) is 12.1 Å². The summed E-state index contributed by atoms with van der Waals surface area (Å²) < 4.78 is 10.5. The Hall–Kier alpha value is -2.83. The molecule has 1 aliphatic heterocycles. The molecule has 0 saturated heterocycles. The van der Waals surface area contributed by atoms with Gasteiger partial charge < -0.3 is 19.9 Å². The van der Waals surface area contributed by atoms with Crippen LogP contribution in [0.15, 0.2) is 30.7 Å². The molecule has 0 bridgehead atoms. The largest absolute Gasteiger partial charge is 0.478 e. The third kappa shape index (κ3) is 2.33. The average molecular weight is 273 g/mol. The molecule has 0 unspecified atom stereocenters. The third-order valence-corrected chi connectivity index (χ3v) is 2.86. The van der Waals surface area contributed by atoms with Crippen molar-refractivity contribution in [3.8, 4) is 11.5 Å². The molecule has 7 heteroatoms. The van der Waals surface area contributed by atoms with Crippen LogP contribution in [-0.2, 0) is 6.54 Å². The van der Waals surface area contributed by atoms with Crippen molar-refractivity contribution >= 4 is 11.7 Å². The molecule has 0 spiro atoms. The molecular formula is C13H11N3O4. The molecule has 2 aromatic rings. The van der Waals surface area contributed by atoms with Gasteiger partial charge in [-0.1, -0.05) is 0 Å². The summed E-state index contributed by atoms with van der Waals surface area (Å²) in [5, 5.41) is 12.1. The number of nitrogens with one attached hydrogen (secondary N) is 1. The molecule has 1 aromatic carbocycles. The minimum absolute atomic E-state index is 0.0840. The van der Waals surface area contributed by atoms with Crippen molar-refractivity contribution in [2.45, 2.75) is 6.54 Å². The maximum atomic E-state index is 11.0. The van der Waals surface area contributed by atoms with E-state index in [-0.39, 0.29) is 18.9 Å². The van der Waals surface area contributed by atoms with Gasteiger partial charge in [0.2, 0.25) is 6.79 Å². The van der Waals surface area contributed by atoms with E-state index >= 15 is 0 Å². The minimum Gasteiger partial charge on any atom is -0.478 e. The summed E-state index contributed by atoms with van der Waals surface area (Å²) in [6, 6.07) is 5.42. The van der Waals surface area contributed by atoms with Gasteiger partial charge in [0, 0.05) is 18.0 Å². The van der Waals surface area contributed by atoms with E-state index in [2.05, 4.69) is 15.3 Å². The normalized spacial score (nSPS) is 12.2. The van der Waals surface area contributed by atoms with Crippen LogP contribution in [0.2, 0.25) is 0 Å². The summed E-state index contributed by atoms with van der Waals surface area (Å²) in [5.41, 5.74) is 1.30. The van der Waals surface area contributed by atoms with Gasteiger partial charge in [0.05, 0.1) is 12.2 Å². The van der Waals surface area contributed by atoms with Crippen LogP contribution >= 0.6 is 0 Å². The number of hydrogen-bond acceptors (Lipinski definition) is 6. The summed E-state index contributed by atoms with van der Waals surface area (Å²) in [6.45, 7) is 0.498. The maximum absolute atomic E-state index is 11.0. The van der Waals surface area contributed by atoms with Gasteiger partial charge in [-0.25, -0.2) is 14.8 Å². The Kier molecular flexibility index (Phi) is 3.08. The van der Waals surface area contributed by atoms with Gasteiger partial charge in [-0.3, -0.25) is 0 Å². The van der Waals surface area contributed by atoms with Crippen LogP contribution in [0.3, 0.4) is 0 Å².